The second kappa shape index (κ2) is 6.82. The minimum atomic E-state index is -3.36. The summed E-state index contributed by atoms with van der Waals surface area (Å²) in [5.74, 6) is -0.417. The molecule has 0 unspecified atom stereocenters. The van der Waals surface area contributed by atoms with Gasteiger partial charge in [0.25, 0.3) is 0 Å². The molecule has 0 aromatic heterocycles. The van der Waals surface area contributed by atoms with Crippen molar-refractivity contribution in [1.82, 2.24) is 4.72 Å². The number of aliphatic hydroxyl groups excluding tert-OH is 1. The Morgan fingerprint density at radius 1 is 1.44 bits per heavy atom. The third-order valence-electron chi connectivity index (χ3n) is 2.50. The number of unbranched alkanes of at least 4 members (excludes halogenated alkanes) is 1. The Morgan fingerprint density at radius 3 is 2.78 bits per heavy atom. The monoisotopic (exact) mass is 275 g/mol. The van der Waals surface area contributed by atoms with E-state index in [1.807, 2.05) is 6.92 Å². The van der Waals surface area contributed by atoms with Crippen LogP contribution < -0.4 is 4.72 Å². The number of benzene rings is 1. The molecule has 6 heteroatoms. The summed E-state index contributed by atoms with van der Waals surface area (Å²) >= 11 is 0. The Hall–Kier alpha value is -0.980. The van der Waals surface area contributed by atoms with Crippen molar-refractivity contribution in [2.45, 2.75) is 25.9 Å². The molecule has 0 radical (unpaired) electrons. The van der Waals surface area contributed by atoms with Crippen LogP contribution in [0.15, 0.2) is 24.3 Å². The molecule has 2 N–H and O–H groups in total. The SMILES string of the molecule is CCCCS(=O)(=O)NC[C@H](O)c1cccc(F)c1. The zero-order valence-corrected chi connectivity index (χ0v) is 11.1. The van der Waals surface area contributed by atoms with Gasteiger partial charge in [-0.05, 0) is 24.1 Å². The molecule has 0 bridgehead atoms. The van der Waals surface area contributed by atoms with E-state index >= 15 is 0 Å². The van der Waals surface area contributed by atoms with Gasteiger partial charge in [-0.25, -0.2) is 17.5 Å². The van der Waals surface area contributed by atoms with Crippen LogP contribution in [-0.2, 0) is 10.0 Å². The van der Waals surface area contributed by atoms with Crippen molar-refractivity contribution in [2.75, 3.05) is 12.3 Å². The van der Waals surface area contributed by atoms with Gasteiger partial charge in [0.15, 0.2) is 0 Å². The summed E-state index contributed by atoms with van der Waals surface area (Å²) in [6.45, 7) is 1.76. The lowest BCUT2D eigenvalue weighted by molar-refractivity contribution is 0.181. The van der Waals surface area contributed by atoms with Gasteiger partial charge < -0.3 is 5.11 Å². The van der Waals surface area contributed by atoms with Gasteiger partial charge in [0, 0.05) is 6.54 Å². The molecule has 1 aromatic rings. The fourth-order valence-electron chi connectivity index (χ4n) is 1.44. The molecule has 0 saturated heterocycles. The van der Waals surface area contributed by atoms with Crippen LogP contribution in [0.4, 0.5) is 4.39 Å². The van der Waals surface area contributed by atoms with E-state index in [0.717, 1.165) is 6.42 Å². The first-order chi connectivity index (χ1) is 8.44. The number of hydrogen-bond donors (Lipinski definition) is 2. The highest BCUT2D eigenvalue weighted by Gasteiger charge is 2.14. The third-order valence-corrected chi connectivity index (χ3v) is 3.93. The predicted molar refractivity (Wildman–Crippen MR) is 68.1 cm³/mol. The molecule has 0 saturated carbocycles. The maximum absolute atomic E-state index is 12.9. The van der Waals surface area contributed by atoms with Crippen LogP contribution >= 0.6 is 0 Å². The average molecular weight is 275 g/mol. The second-order valence-corrected chi connectivity index (χ2v) is 6.02. The maximum Gasteiger partial charge on any atom is 0.211 e. The maximum atomic E-state index is 12.9. The van der Waals surface area contributed by atoms with Crippen molar-refractivity contribution in [1.29, 1.82) is 0 Å². The molecular formula is C12H18FNO3S. The van der Waals surface area contributed by atoms with Gasteiger partial charge in [-0.3, -0.25) is 0 Å². The molecule has 1 aromatic carbocycles. The first-order valence-electron chi connectivity index (χ1n) is 5.85. The van der Waals surface area contributed by atoms with E-state index in [0.29, 0.717) is 12.0 Å². The summed E-state index contributed by atoms with van der Waals surface area (Å²) < 4.78 is 38.2. The lowest BCUT2D eigenvalue weighted by Gasteiger charge is -2.12. The van der Waals surface area contributed by atoms with E-state index in [2.05, 4.69) is 4.72 Å². The zero-order valence-electron chi connectivity index (χ0n) is 10.3. The van der Waals surface area contributed by atoms with Crippen LogP contribution in [0.3, 0.4) is 0 Å². The summed E-state index contributed by atoms with van der Waals surface area (Å²) in [5, 5.41) is 9.74. The van der Waals surface area contributed by atoms with Crippen LogP contribution in [0, 0.1) is 5.82 Å². The fraction of sp³-hybridized carbons (Fsp3) is 0.500. The molecule has 18 heavy (non-hydrogen) atoms. The Morgan fingerprint density at radius 2 is 2.17 bits per heavy atom. The molecule has 0 heterocycles. The van der Waals surface area contributed by atoms with Crippen LogP contribution in [0.25, 0.3) is 0 Å². The van der Waals surface area contributed by atoms with Gasteiger partial charge in [0.2, 0.25) is 10.0 Å². The normalized spacial score (nSPS) is 13.5. The lowest BCUT2D eigenvalue weighted by atomic mass is 10.1. The average Bonchev–Trinajstić information content (AvgIpc) is 2.34. The van der Waals surface area contributed by atoms with E-state index in [9.17, 15) is 17.9 Å². The lowest BCUT2D eigenvalue weighted by Crippen LogP contribution is -2.30. The summed E-state index contributed by atoms with van der Waals surface area (Å²) in [6, 6.07) is 5.47. The second-order valence-electron chi connectivity index (χ2n) is 4.09. The molecule has 0 aliphatic heterocycles. The number of hydrogen-bond acceptors (Lipinski definition) is 3. The van der Waals surface area contributed by atoms with E-state index in [1.54, 1.807) is 6.07 Å². The van der Waals surface area contributed by atoms with Gasteiger partial charge in [0.05, 0.1) is 11.9 Å². The van der Waals surface area contributed by atoms with Crippen molar-refractivity contribution < 1.29 is 17.9 Å². The van der Waals surface area contributed by atoms with Crippen LogP contribution in [0.1, 0.15) is 31.4 Å². The van der Waals surface area contributed by atoms with Crippen molar-refractivity contribution in [3.63, 3.8) is 0 Å². The molecule has 4 nitrogen and oxygen atoms in total. The molecule has 0 fully saturated rings. The van der Waals surface area contributed by atoms with Crippen molar-refractivity contribution >= 4 is 10.0 Å². The third kappa shape index (κ3) is 5.12. The number of aliphatic hydroxyl groups is 1. The topological polar surface area (TPSA) is 66.4 Å². The smallest absolute Gasteiger partial charge is 0.211 e. The molecule has 1 atom stereocenters. The molecule has 0 aliphatic carbocycles. The number of rotatable bonds is 7. The first kappa shape index (κ1) is 15.1. The highest BCUT2D eigenvalue weighted by atomic mass is 32.2. The molecule has 0 aliphatic rings. The zero-order chi connectivity index (χ0) is 13.6. The van der Waals surface area contributed by atoms with Crippen LogP contribution in [-0.4, -0.2) is 25.8 Å². The fourth-order valence-corrected chi connectivity index (χ4v) is 2.67. The number of halogens is 1. The summed E-state index contributed by atoms with van der Waals surface area (Å²) in [7, 11) is -3.36. The van der Waals surface area contributed by atoms with Gasteiger partial charge >= 0.3 is 0 Å². The Bertz CT molecular complexity index is 476. The van der Waals surface area contributed by atoms with E-state index in [1.165, 1.54) is 18.2 Å². The van der Waals surface area contributed by atoms with Gasteiger partial charge in [-0.2, -0.15) is 0 Å². The Balaban J connectivity index is 2.53. The van der Waals surface area contributed by atoms with E-state index < -0.39 is 21.9 Å². The number of nitrogens with one attached hydrogen (secondary N) is 1. The van der Waals surface area contributed by atoms with Crippen LogP contribution in [0.5, 0.6) is 0 Å². The molecular weight excluding hydrogens is 257 g/mol. The minimum absolute atomic E-state index is 0.0410. The molecule has 0 spiro atoms. The standard InChI is InChI=1S/C12H18FNO3S/c1-2-3-7-18(16,17)14-9-12(15)10-5-4-6-11(13)8-10/h4-6,8,12,14-15H,2-3,7,9H2,1H3/t12-/m0/s1. The quantitative estimate of drug-likeness (QED) is 0.794. The molecule has 102 valence electrons. The number of sulfonamides is 1. The van der Waals surface area contributed by atoms with Crippen molar-refractivity contribution in [3.8, 4) is 0 Å². The summed E-state index contributed by atoms with van der Waals surface area (Å²) in [6.07, 6.45) is 0.316. The van der Waals surface area contributed by atoms with Gasteiger partial charge in [0.1, 0.15) is 5.82 Å². The minimum Gasteiger partial charge on any atom is -0.387 e. The first-order valence-corrected chi connectivity index (χ1v) is 7.50. The largest absolute Gasteiger partial charge is 0.387 e. The van der Waals surface area contributed by atoms with E-state index in [4.69, 9.17) is 0 Å². The summed E-state index contributed by atoms with van der Waals surface area (Å²) in [4.78, 5) is 0. The van der Waals surface area contributed by atoms with Gasteiger partial charge in [-0.15, -0.1) is 0 Å². The highest BCUT2D eigenvalue weighted by Crippen LogP contribution is 2.13. The Kier molecular flexibility index (Phi) is 5.71. The summed E-state index contributed by atoms with van der Waals surface area (Å²) in [5.41, 5.74) is 0.355. The van der Waals surface area contributed by atoms with Crippen LogP contribution in [0.2, 0.25) is 0 Å². The highest BCUT2D eigenvalue weighted by molar-refractivity contribution is 7.89. The van der Waals surface area contributed by atoms with E-state index in [-0.39, 0.29) is 12.3 Å². The molecule has 0 amide bonds. The van der Waals surface area contributed by atoms with Crippen molar-refractivity contribution in [2.24, 2.45) is 0 Å². The van der Waals surface area contributed by atoms with Gasteiger partial charge in [-0.1, -0.05) is 25.5 Å². The molecule has 1 rings (SSSR count). The van der Waals surface area contributed by atoms with Crippen molar-refractivity contribution in [3.05, 3.63) is 35.6 Å². The Labute approximate surface area is 107 Å². The predicted octanol–water partition coefficient (Wildman–Crippen LogP) is 1.58.